The van der Waals surface area contributed by atoms with E-state index in [-0.39, 0.29) is 22.7 Å². The Morgan fingerprint density at radius 2 is 2.00 bits per heavy atom. The van der Waals surface area contributed by atoms with Crippen LogP contribution in [-0.4, -0.2) is 11.1 Å². The third-order valence-corrected chi connectivity index (χ3v) is 3.06. The summed E-state index contributed by atoms with van der Waals surface area (Å²) in [5, 5.41) is 8.95. The molecule has 0 unspecified atom stereocenters. The lowest BCUT2D eigenvalue weighted by Crippen LogP contribution is -2.03. The van der Waals surface area contributed by atoms with Crippen molar-refractivity contribution in [1.82, 2.24) is 0 Å². The highest BCUT2D eigenvalue weighted by Gasteiger charge is 2.13. The number of hydrogen-bond donors (Lipinski definition) is 2. The molecule has 0 aliphatic rings. The Bertz CT molecular complexity index is 646. The van der Waals surface area contributed by atoms with E-state index in [1.807, 2.05) is 0 Å². The highest BCUT2D eigenvalue weighted by molar-refractivity contribution is 9.10. The van der Waals surface area contributed by atoms with Crippen LogP contribution >= 0.6 is 15.9 Å². The van der Waals surface area contributed by atoms with E-state index in [4.69, 9.17) is 15.6 Å². The molecule has 19 heavy (non-hydrogen) atoms. The number of nitrogen functional groups attached to an aromatic ring is 1. The van der Waals surface area contributed by atoms with Crippen molar-refractivity contribution in [1.29, 1.82) is 0 Å². The van der Waals surface area contributed by atoms with E-state index in [9.17, 15) is 9.18 Å². The van der Waals surface area contributed by atoms with Gasteiger partial charge in [-0.05, 0) is 40.2 Å². The van der Waals surface area contributed by atoms with Crippen molar-refractivity contribution in [2.24, 2.45) is 0 Å². The van der Waals surface area contributed by atoms with Crippen molar-refractivity contribution in [2.75, 3.05) is 5.73 Å². The average molecular weight is 326 g/mol. The fraction of sp³-hybridized carbons (Fsp3) is 0. The molecule has 0 saturated carbocycles. The Balaban J connectivity index is 2.41. The van der Waals surface area contributed by atoms with E-state index in [0.717, 1.165) is 0 Å². The van der Waals surface area contributed by atoms with Crippen LogP contribution in [0.1, 0.15) is 10.4 Å². The standard InChI is InChI=1S/C13H9BrFNO3/c14-9-5-4-7(15)6-11(9)19-10-3-1-2-8(12(10)16)13(17)18/h1-6H,16H2,(H,17,18). The largest absolute Gasteiger partial charge is 0.478 e. The van der Waals surface area contributed by atoms with Crippen LogP contribution < -0.4 is 10.5 Å². The van der Waals surface area contributed by atoms with Gasteiger partial charge < -0.3 is 15.6 Å². The number of halogens is 2. The fourth-order valence-corrected chi connectivity index (χ4v) is 1.82. The first kappa shape index (κ1) is 13.4. The number of anilines is 1. The first-order valence-corrected chi connectivity index (χ1v) is 6.03. The number of para-hydroxylation sites is 1. The molecular weight excluding hydrogens is 317 g/mol. The molecule has 0 bridgehead atoms. The number of carboxylic acid groups (broad SMARTS) is 1. The molecule has 0 radical (unpaired) electrons. The van der Waals surface area contributed by atoms with Crippen LogP contribution in [-0.2, 0) is 0 Å². The maximum absolute atomic E-state index is 13.1. The van der Waals surface area contributed by atoms with Gasteiger partial charge in [-0.15, -0.1) is 0 Å². The van der Waals surface area contributed by atoms with Gasteiger partial charge in [-0.25, -0.2) is 9.18 Å². The van der Waals surface area contributed by atoms with Crippen molar-refractivity contribution in [3.63, 3.8) is 0 Å². The summed E-state index contributed by atoms with van der Waals surface area (Å²) in [4.78, 5) is 10.9. The molecule has 3 N–H and O–H groups in total. The minimum absolute atomic E-state index is 0.00818. The van der Waals surface area contributed by atoms with E-state index in [0.29, 0.717) is 4.47 Å². The van der Waals surface area contributed by atoms with Gasteiger partial charge in [0.15, 0.2) is 5.75 Å². The molecule has 0 fully saturated rings. The maximum Gasteiger partial charge on any atom is 0.337 e. The minimum atomic E-state index is -1.15. The summed E-state index contributed by atoms with van der Waals surface area (Å²) in [6.07, 6.45) is 0. The van der Waals surface area contributed by atoms with Crippen LogP contribution in [0, 0.1) is 5.82 Å². The smallest absolute Gasteiger partial charge is 0.337 e. The van der Waals surface area contributed by atoms with Crippen molar-refractivity contribution in [3.8, 4) is 11.5 Å². The van der Waals surface area contributed by atoms with E-state index in [2.05, 4.69) is 15.9 Å². The SMILES string of the molecule is Nc1c(Oc2cc(F)ccc2Br)cccc1C(=O)O. The van der Waals surface area contributed by atoms with Crippen LogP contribution in [0.2, 0.25) is 0 Å². The topological polar surface area (TPSA) is 72.5 Å². The summed E-state index contributed by atoms with van der Waals surface area (Å²) >= 11 is 3.21. The van der Waals surface area contributed by atoms with E-state index < -0.39 is 11.8 Å². The van der Waals surface area contributed by atoms with Gasteiger partial charge >= 0.3 is 5.97 Å². The Kier molecular flexibility index (Phi) is 3.71. The lowest BCUT2D eigenvalue weighted by atomic mass is 10.1. The van der Waals surface area contributed by atoms with Crippen molar-refractivity contribution >= 4 is 27.6 Å². The molecular formula is C13H9BrFNO3. The lowest BCUT2D eigenvalue weighted by Gasteiger charge is -2.11. The number of carbonyl (C=O) groups is 1. The van der Waals surface area contributed by atoms with Crippen LogP contribution in [0.3, 0.4) is 0 Å². The Morgan fingerprint density at radius 1 is 1.26 bits per heavy atom. The highest BCUT2D eigenvalue weighted by Crippen LogP contribution is 2.34. The second-order valence-corrected chi connectivity index (χ2v) is 4.55. The van der Waals surface area contributed by atoms with Gasteiger partial charge in [0.1, 0.15) is 11.6 Å². The molecule has 0 heterocycles. The zero-order valence-electron chi connectivity index (χ0n) is 9.56. The number of carboxylic acids is 1. The monoisotopic (exact) mass is 325 g/mol. The fourth-order valence-electron chi connectivity index (χ4n) is 1.49. The third-order valence-electron chi connectivity index (χ3n) is 2.41. The number of nitrogens with two attached hydrogens (primary N) is 1. The number of aromatic carboxylic acids is 1. The molecule has 0 aliphatic heterocycles. The number of hydrogen-bond acceptors (Lipinski definition) is 3. The number of ether oxygens (including phenoxy) is 1. The van der Waals surface area contributed by atoms with Crippen molar-refractivity contribution < 1.29 is 19.0 Å². The van der Waals surface area contributed by atoms with Gasteiger partial charge in [-0.3, -0.25) is 0 Å². The number of rotatable bonds is 3. The molecule has 0 saturated heterocycles. The predicted molar refractivity (Wildman–Crippen MR) is 72.0 cm³/mol. The zero-order valence-corrected chi connectivity index (χ0v) is 11.1. The van der Waals surface area contributed by atoms with E-state index in [1.165, 1.54) is 36.4 Å². The Hall–Kier alpha value is -2.08. The van der Waals surface area contributed by atoms with E-state index in [1.54, 1.807) is 0 Å². The summed E-state index contributed by atoms with van der Waals surface area (Å²) in [5.41, 5.74) is 5.63. The van der Waals surface area contributed by atoms with Crippen LogP contribution in [0.15, 0.2) is 40.9 Å². The molecule has 2 aromatic carbocycles. The Morgan fingerprint density at radius 3 is 2.68 bits per heavy atom. The van der Waals surface area contributed by atoms with Gasteiger partial charge in [0, 0.05) is 6.07 Å². The average Bonchev–Trinajstić information content (AvgIpc) is 2.36. The molecule has 0 amide bonds. The molecule has 0 atom stereocenters. The molecule has 98 valence electrons. The van der Waals surface area contributed by atoms with Gasteiger partial charge in [0.05, 0.1) is 15.7 Å². The van der Waals surface area contributed by atoms with Gasteiger partial charge in [-0.2, -0.15) is 0 Å². The molecule has 6 heteroatoms. The number of benzene rings is 2. The van der Waals surface area contributed by atoms with Gasteiger partial charge in [0.25, 0.3) is 0 Å². The summed E-state index contributed by atoms with van der Waals surface area (Å²) in [6, 6.07) is 8.32. The quantitative estimate of drug-likeness (QED) is 0.844. The van der Waals surface area contributed by atoms with Gasteiger partial charge in [-0.1, -0.05) is 6.07 Å². The summed E-state index contributed by atoms with van der Waals surface area (Å²) < 4.78 is 19.1. The summed E-state index contributed by atoms with van der Waals surface area (Å²) in [5.74, 6) is -1.24. The van der Waals surface area contributed by atoms with Crippen molar-refractivity contribution in [3.05, 3.63) is 52.3 Å². The molecule has 0 spiro atoms. The maximum atomic E-state index is 13.1. The summed E-state index contributed by atoms with van der Waals surface area (Å²) in [7, 11) is 0. The molecule has 2 aromatic rings. The van der Waals surface area contributed by atoms with Crippen LogP contribution in [0.5, 0.6) is 11.5 Å². The molecule has 0 aliphatic carbocycles. The molecule has 2 rings (SSSR count). The normalized spacial score (nSPS) is 10.2. The highest BCUT2D eigenvalue weighted by atomic mass is 79.9. The van der Waals surface area contributed by atoms with Gasteiger partial charge in [0.2, 0.25) is 0 Å². The first-order valence-electron chi connectivity index (χ1n) is 5.23. The zero-order chi connectivity index (χ0) is 14.0. The predicted octanol–water partition coefficient (Wildman–Crippen LogP) is 3.66. The lowest BCUT2D eigenvalue weighted by molar-refractivity contribution is 0.0697. The third kappa shape index (κ3) is 2.85. The molecule has 4 nitrogen and oxygen atoms in total. The van der Waals surface area contributed by atoms with E-state index >= 15 is 0 Å². The second-order valence-electron chi connectivity index (χ2n) is 3.70. The van der Waals surface area contributed by atoms with Crippen LogP contribution in [0.25, 0.3) is 0 Å². The molecule has 0 aromatic heterocycles. The second kappa shape index (κ2) is 5.27. The Labute approximate surface area is 116 Å². The van der Waals surface area contributed by atoms with Crippen molar-refractivity contribution in [2.45, 2.75) is 0 Å². The summed E-state index contributed by atoms with van der Waals surface area (Å²) in [6.45, 7) is 0. The van der Waals surface area contributed by atoms with Crippen LogP contribution in [0.4, 0.5) is 10.1 Å². The minimum Gasteiger partial charge on any atom is -0.478 e. The first-order chi connectivity index (χ1) is 8.99.